The molecular formula is C48H77N3O6Si3. The van der Waals surface area contributed by atoms with Crippen molar-refractivity contribution in [2.45, 2.75) is 160 Å². The number of hydrogen-bond acceptors (Lipinski definition) is 9. The molecule has 12 heteroatoms. The van der Waals surface area contributed by atoms with Crippen LogP contribution in [-0.4, -0.2) is 76.1 Å². The molecule has 0 aromatic heterocycles. The Labute approximate surface area is 365 Å². The SMILES string of the molecule is CC[Si](CC)(CC)CCCOc1ccc(C2=NC(c3ccccc3O)=NC(c3ccc(OCCC[Si](CC)(CC)CC)cc3O)N2OCCC[Si](CC)(CC)CC)c(O)c1. The van der Waals surface area contributed by atoms with E-state index in [2.05, 4.69) is 62.3 Å². The average molecular weight is 876 g/mol. The smallest absolute Gasteiger partial charge is 0.179 e. The maximum Gasteiger partial charge on any atom is 0.179 e. The van der Waals surface area contributed by atoms with Crippen LogP contribution in [0.2, 0.25) is 72.5 Å². The number of para-hydroxylation sites is 1. The van der Waals surface area contributed by atoms with E-state index in [9.17, 15) is 15.3 Å². The second-order valence-electron chi connectivity index (χ2n) is 17.0. The van der Waals surface area contributed by atoms with Crippen molar-refractivity contribution in [3.63, 3.8) is 0 Å². The normalized spacial score (nSPS) is 14.9. The lowest BCUT2D eigenvalue weighted by Crippen LogP contribution is -2.39. The van der Waals surface area contributed by atoms with Crippen molar-refractivity contribution in [1.82, 2.24) is 5.06 Å². The van der Waals surface area contributed by atoms with Gasteiger partial charge in [0.1, 0.15) is 28.7 Å². The molecule has 0 amide bonds. The van der Waals surface area contributed by atoms with Gasteiger partial charge in [0.25, 0.3) is 0 Å². The van der Waals surface area contributed by atoms with Crippen molar-refractivity contribution in [3.8, 4) is 28.7 Å². The number of ether oxygens (including phenoxy) is 2. The van der Waals surface area contributed by atoms with Crippen LogP contribution in [0.25, 0.3) is 0 Å². The molecule has 0 radical (unpaired) electrons. The minimum absolute atomic E-state index is 0.00997. The Bertz CT molecular complexity index is 1820. The number of hydroxylamine groups is 2. The molecule has 1 heterocycles. The van der Waals surface area contributed by atoms with Gasteiger partial charge in [0.15, 0.2) is 17.8 Å². The molecule has 332 valence electrons. The lowest BCUT2D eigenvalue weighted by molar-refractivity contribution is -0.128. The van der Waals surface area contributed by atoms with Gasteiger partial charge >= 0.3 is 0 Å². The van der Waals surface area contributed by atoms with E-state index in [-0.39, 0.29) is 23.1 Å². The molecule has 1 aliphatic rings. The predicted molar refractivity (Wildman–Crippen MR) is 259 cm³/mol. The first-order valence-corrected chi connectivity index (χ1v) is 31.7. The van der Waals surface area contributed by atoms with Gasteiger partial charge in [-0.25, -0.2) is 15.0 Å². The third-order valence-corrected chi connectivity index (χ3v) is 32.3. The molecule has 3 aromatic carbocycles. The first-order valence-electron chi connectivity index (χ1n) is 23.2. The van der Waals surface area contributed by atoms with E-state index < -0.39 is 30.4 Å². The van der Waals surface area contributed by atoms with Crippen LogP contribution in [-0.2, 0) is 4.84 Å². The van der Waals surface area contributed by atoms with E-state index in [0.717, 1.165) is 25.3 Å². The van der Waals surface area contributed by atoms with Crippen molar-refractivity contribution in [3.05, 3.63) is 77.4 Å². The predicted octanol–water partition coefficient (Wildman–Crippen LogP) is 13.4. The molecule has 1 atom stereocenters. The molecule has 0 saturated carbocycles. The first-order chi connectivity index (χ1) is 28.9. The van der Waals surface area contributed by atoms with E-state index in [1.165, 1.54) is 66.5 Å². The van der Waals surface area contributed by atoms with Crippen molar-refractivity contribution in [2.24, 2.45) is 9.98 Å². The van der Waals surface area contributed by atoms with E-state index in [1.54, 1.807) is 41.5 Å². The van der Waals surface area contributed by atoms with Gasteiger partial charge < -0.3 is 24.8 Å². The topological polar surface area (TPSA) is 116 Å². The number of phenols is 3. The summed E-state index contributed by atoms with van der Waals surface area (Å²) in [6, 6.07) is 32.6. The Morgan fingerprint density at radius 2 is 1.00 bits per heavy atom. The molecule has 4 rings (SSSR count). The number of amidine groups is 2. The molecule has 9 nitrogen and oxygen atoms in total. The number of phenolic OH excluding ortho intramolecular Hbond substituents is 3. The summed E-state index contributed by atoms with van der Waals surface area (Å²) in [4.78, 5) is 16.7. The molecular weight excluding hydrogens is 799 g/mol. The maximum absolute atomic E-state index is 11.7. The number of hydrogen-bond donors (Lipinski definition) is 3. The zero-order valence-corrected chi connectivity index (χ0v) is 41.5. The number of aliphatic imine (C=N–C) groups is 2. The molecule has 1 unspecified atom stereocenters. The van der Waals surface area contributed by atoms with Gasteiger partial charge in [0.2, 0.25) is 0 Å². The summed E-state index contributed by atoms with van der Waals surface area (Å²) in [5.41, 5.74) is 1.34. The lowest BCUT2D eigenvalue weighted by atomic mass is 10.1. The van der Waals surface area contributed by atoms with Crippen LogP contribution in [0.1, 0.15) is 104 Å². The Hall–Kier alpha value is -3.59. The highest BCUT2D eigenvalue weighted by molar-refractivity contribution is 6.80. The van der Waals surface area contributed by atoms with Gasteiger partial charge in [0.05, 0.1) is 55.2 Å². The standard InChI is InChI=1S/C48H77N3O6Si3/c1-10-58(11-2,12-3)33-21-30-55-38-26-28-41(44(53)36-38)47-49-46(40-24-19-20-25-43(40)52)50-48(51(47)57-32-23-35-60(16-7,17-8)18-9)42-29-27-39(37-45(42)54)56-31-22-34-59(13-4,14-5)15-6/h19-20,24-29,36-37,47,52-54H,10-18,21-23,30-35H2,1-9H3. The summed E-state index contributed by atoms with van der Waals surface area (Å²) in [7, 11) is -3.91. The Morgan fingerprint density at radius 1 is 0.533 bits per heavy atom. The van der Waals surface area contributed by atoms with Crippen LogP contribution in [0.5, 0.6) is 28.7 Å². The summed E-state index contributed by atoms with van der Waals surface area (Å²) < 4.78 is 12.4. The zero-order chi connectivity index (χ0) is 43.8. The number of rotatable bonds is 27. The summed E-state index contributed by atoms with van der Waals surface area (Å²) >= 11 is 0. The van der Waals surface area contributed by atoms with E-state index in [4.69, 9.17) is 24.3 Å². The molecule has 1 aliphatic heterocycles. The fourth-order valence-electron chi connectivity index (χ4n) is 9.11. The monoisotopic (exact) mass is 876 g/mol. The zero-order valence-electron chi connectivity index (χ0n) is 38.5. The van der Waals surface area contributed by atoms with Crippen molar-refractivity contribution >= 4 is 35.9 Å². The van der Waals surface area contributed by atoms with Crippen molar-refractivity contribution < 1.29 is 29.6 Å². The summed E-state index contributed by atoms with van der Waals surface area (Å²) in [6.07, 6.45) is 1.95. The Balaban J connectivity index is 1.70. The number of nitrogens with zero attached hydrogens (tertiary/aromatic N) is 3. The second kappa shape index (κ2) is 23.6. The summed E-state index contributed by atoms with van der Waals surface area (Å²) in [5, 5.41) is 36.1. The summed E-state index contributed by atoms with van der Waals surface area (Å²) in [5.74, 6) is 1.78. The summed E-state index contributed by atoms with van der Waals surface area (Å²) in [6.45, 7) is 22.5. The minimum atomic E-state index is -1.41. The second-order valence-corrected chi connectivity index (χ2v) is 33.9. The van der Waals surface area contributed by atoms with Gasteiger partial charge in [-0.3, -0.25) is 4.84 Å². The highest BCUT2D eigenvalue weighted by atomic mass is 28.3. The molecule has 3 N–H and O–H groups in total. The largest absolute Gasteiger partial charge is 0.507 e. The van der Waals surface area contributed by atoms with Gasteiger partial charge in [0, 0.05) is 17.7 Å². The molecule has 0 fully saturated rings. The Morgan fingerprint density at radius 3 is 1.47 bits per heavy atom. The van der Waals surface area contributed by atoms with Gasteiger partial charge in [-0.15, -0.1) is 0 Å². The fraction of sp³-hybridized carbons (Fsp3) is 0.583. The molecule has 0 bridgehead atoms. The molecule has 0 aliphatic carbocycles. The van der Waals surface area contributed by atoms with Gasteiger partial charge in [-0.2, -0.15) is 0 Å². The van der Waals surface area contributed by atoms with E-state index in [0.29, 0.717) is 53.8 Å². The minimum Gasteiger partial charge on any atom is -0.507 e. The third kappa shape index (κ3) is 12.3. The molecule has 0 saturated heterocycles. The van der Waals surface area contributed by atoms with Gasteiger partial charge in [-0.1, -0.05) is 147 Å². The van der Waals surface area contributed by atoms with Crippen LogP contribution in [0.15, 0.2) is 70.6 Å². The Kier molecular flexibility index (Phi) is 19.3. The van der Waals surface area contributed by atoms with Crippen LogP contribution >= 0.6 is 0 Å². The number of aromatic hydroxyl groups is 3. The molecule has 60 heavy (non-hydrogen) atoms. The van der Waals surface area contributed by atoms with Crippen molar-refractivity contribution in [1.29, 1.82) is 0 Å². The van der Waals surface area contributed by atoms with Crippen LogP contribution in [0.3, 0.4) is 0 Å². The molecule has 0 spiro atoms. The van der Waals surface area contributed by atoms with E-state index >= 15 is 0 Å². The third-order valence-electron chi connectivity index (χ3n) is 14.6. The highest BCUT2D eigenvalue weighted by Gasteiger charge is 2.35. The van der Waals surface area contributed by atoms with Crippen LogP contribution < -0.4 is 9.47 Å². The van der Waals surface area contributed by atoms with Crippen molar-refractivity contribution in [2.75, 3.05) is 19.8 Å². The quantitative estimate of drug-likeness (QED) is 0.0516. The average Bonchev–Trinajstić information content (AvgIpc) is 3.27. The number of benzene rings is 3. The van der Waals surface area contributed by atoms with Crippen LogP contribution in [0, 0.1) is 0 Å². The van der Waals surface area contributed by atoms with E-state index in [1.807, 2.05) is 24.3 Å². The lowest BCUT2D eigenvalue weighted by Gasteiger charge is -2.35. The maximum atomic E-state index is 11.7. The van der Waals surface area contributed by atoms with Gasteiger partial charge in [-0.05, 0) is 55.7 Å². The van der Waals surface area contributed by atoms with Crippen LogP contribution in [0.4, 0.5) is 0 Å². The first kappa shape index (κ1) is 49.1. The molecule has 3 aromatic rings. The fourth-order valence-corrected chi connectivity index (χ4v) is 19.5. The highest BCUT2D eigenvalue weighted by Crippen LogP contribution is 2.40.